The van der Waals surface area contributed by atoms with Crippen LogP contribution in [0, 0.1) is 0 Å². The molecular formula is C29H31N3O4. The number of amides is 1. The quantitative estimate of drug-likeness (QED) is 0.338. The van der Waals surface area contributed by atoms with Gasteiger partial charge in [0.25, 0.3) is 5.91 Å². The SMILES string of the molecule is CC(OC(=O)/C=C/c1ccc(OCc2ccccn2)cc1)C(=O)N1CCN(Cc2ccccc2)CC1. The Balaban J connectivity index is 1.19. The standard InChI is InChI=1S/C29H31N3O4/c1-23(29(34)32-19-17-31(18-20-32)21-25-7-3-2-4-8-25)36-28(33)15-12-24-10-13-27(14-11-24)35-22-26-9-5-6-16-30-26/h2-16,23H,17-22H2,1H3/b15-12+. The van der Waals surface area contributed by atoms with E-state index in [9.17, 15) is 9.59 Å². The lowest BCUT2D eigenvalue weighted by Crippen LogP contribution is -2.51. The van der Waals surface area contributed by atoms with Crippen LogP contribution in [0.25, 0.3) is 6.08 Å². The molecule has 1 amide bonds. The third-order valence-corrected chi connectivity index (χ3v) is 5.98. The fourth-order valence-corrected chi connectivity index (χ4v) is 3.97. The van der Waals surface area contributed by atoms with Gasteiger partial charge < -0.3 is 14.4 Å². The summed E-state index contributed by atoms with van der Waals surface area (Å²) < 4.78 is 11.1. The van der Waals surface area contributed by atoms with E-state index >= 15 is 0 Å². The number of hydrogen-bond acceptors (Lipinski definition) is 6. The minimum atomic E-state index is -0.829. The largest absolute Gasteiger partial charge is 0.487 e. The fourth-order valence-electron chi connectivity index (χ4n) is 3.97. The monoisotopic (exact) mass is 485 g/mol. The normalized spacial score (nSPS) is 15.0. The molecule has 1 atom stereocenters. The van der Waals surface area contributed by atoms with Gasteiger partial charge in [0.15, 0.2) is 6.10 Å². The molecule has 0 N–H and O–H groups in total. The van der Waals surface area contributed by atoms with E-state index in [1.165, 1.54) is 11.6 Å². The van der Waals surface area contributed by atoms with Crippen molar-refractivity contribution in [3.8, 4) is 5.75 Å². The highest BCUT2D eigenvalue weighted by Gasteiger charge is 2.26. The van der Waals surface area contributed by atoms with Gasteiger partial charge in [-0.05, 0) is 48.4 Å². The Kier molecular flexibility index (Phi) is 8.83. The van der Waals surface area contributed by atoms with Gasteiger partial charge in [-0.25, -0.2) is 4.79 Å². The molecule has 7 heteroatoms. The summed E-state index contributed by atoms with van der Waals surface area (Å²) in [5.41, 5.74) is 2.94. The Morgan fingerprint density at radius 3 is 2.36 bits per heavy atom. The molecule has 0 radical (unpaired) electrons. The van der Waals surface area contributed by atoms with Crippen LogP contribution in [0.2, 0.25) is 0 Å². The molecule has 1 fully saturated rings. The Bertz CT molecular complexity index is 1140. The van der Waals surface area contributed by atoms with Gasteiger partial charge in [0.1, 0.15) is 12.4 Å². The first kappa shape index (κ1) is 25.1. The molecule has 3 aromatic rings. The van der Waals surface area contributed by atoms with Gasteiger partial charge in [0.2, 0.25) is 0 Å². The highest BCUT2D eigenvalue weighted by molar-refractivity contribution is 5.90. The van der Waals surface area contributed by atoms with Gasteiger partial charge in [0, 0.05) is 45.0 Å². The zero-order valence-electron chi connectivity index (χ0n) is 20.5. The van der Waals surface area contributed by atoms with Gasteiger partial charge in [0.05, 0.1) is 5.69 Å². The molecule has 1 aromatic heterocycles. The van der Waals surface area contributed by atoms with E-state index in [0.29, 0.717) is 25.4 Å². The predicted molar refractivity (Wildman–Crippen MR) is 138 cm³/mol. The summed E-state index contributed by atoms with van der Waals surface area (Å²) in [5, 5.41) is 0. The molecule has 186 valence electrons. The van der Waals surface area contributed by atoms with Crippen LogP contribution in [-0.2, 0) is 27.5 Å². The van der Waals surface area contributed by atoms with Crippen molar-refractivity contribution < 1.29 is 19.1 Å². The van der Waals surface area contributed by atoms with E-state index in [4.69, 9.17) is 9.47 Å². The van der Waals surface area contributed by atoms with Crippen LogP contribution in [-0.4, -0.2) is 58.9 Å². The van der Waals surface area contributed by atoms with E-state index in [0.717, 1.165) is 30.9 Å². The van der Waals surface area contributed by atoms with Crippen LogP contribution < -0.4 is 4.74 Å². The molecule has 2 heterocycles. The summed E-state index contributed by atoms with van der Waals surface area (Å²) in [6, 6.07) is 23.3. The van der Waals surface area contributed by atoms with E-state index in [2.05, 4.69) is 22.0 Å². The van der Waals surface area contributed by atoms with Crippen molar-refractivity contribution in [2.45, 2.75) is 26.2 Å². The van der Waals surface area contributed by atoms with Crippen molar-refractivity contribution in [2.75, 3.05) is 26.2 Å². The van der Waals surface area contributed by atoms with Crippen molar-refractivity contribution in [2.24, 2.45) is 0 Å². The zero-order chi connectivity index (χ0) is 25.2. The molecule has 0 aliphatic carbocycles. The lowest BCUT2D eigenvalue weighted by Gasteiger charge is -2.35. The number of rotatable bonds is 9. The molecule has 4 rings (SSSR count). The summed E-state index contributed by atoms with van der Waals surface area (Å²) >= 11 is 0. The number of pyridine rings is 1. The molecule has 1 aliphatic rings. The van der Waals surface area contributed by atoms with Gasteiger partial charge in [-0.1, -0.05) is 48.5 Å². The second-order valence-electron chi connectivity index (χ2n) is 8.68. The van der Waals surface area contributed by atoms with E-state index < -0.39 is 12.1 Å². The van der Waals surface area contributed by atoms with Crippen LogP contribution in [0.15, 0.2) is 85.1 Å². The molecule has 7 nitrogen and oxygen atoms in total. The Labute approximate surface area is 212 Å². The maximum atomic E-state index is 12.8. The Morgan fingerprint density at radius 1 is 0.944 bits per heavy atom. The lowest BCUT2D eigenvalue weighted by molar-refractivity contribution is -0.156. The van der Waals surface area contributed by atoms with Gasteiger partial charge in [-0.3, -0.25) is 14.7 Å². The van der Waals surface area contributed by atoms with Gasteiger partial charge >= 0.3 is 5.97 Å². The zero-order valence-corrected chi connectivity index (χ0v) is 20.5. The fraction of sp³-hybridized carbons (Fsp3) is 0.276. The molecular weight excluding hydrogens is 454 g/mol. The van der Waals surface area contributed by atoms with E-state index in [-0.39, 0.29) is 5.91 Å². The van der Waals surface area contributed by atoms with Crippen LogP contribution in [0.4, 0.5) is 0 Å². The number of carbonyl (C=O) groups excluding carboxylic acids is 2. The second kappa shape index (κ2) is 12.7. The smallest absolute Gasteiger partial charge is 0.331 e. The van der Waals surface area contributed by atoms with Crippen molar-refractivity contribution in [1.82, 2.24) is 14.8 Å². The summed E-state index contributed by atoms with van der Waals surface area (Å²) in [7, 11) is 0. The van der Waals surface area contributed by atoms with Crippen molar-refractivity contribution >= 4 is 18.0 Å². The van der Waals surface area contributed by atoms with E-state index in [1.807, 2.05) is 60.7 Å². The number of carbonyl (C=O) groups is 2. The number of esters is 1. The minimum Gasteiger partial charge on any atom is -0.487 e. The molecule has 1 saturated heterocycles. The van der Waals surface area contributed by atoms with Crippen LogP contribution >= 0.6 is 0 Å². The van der Waals surface area contributed by atoms with Crippen molar-refractivity contribution in [1.29, 1.82) is 0 Å². The molecule has 1 aliphatic heterocycles. The first-order valence-electron chi connectivity index (χ1n) is 12.1. The molecule has 0 saturated carbocycles. The van der Waals surface area contributed by atoms with Crippen LogP contribution in [0.1, 0.15) is 23.7 Å². The second-order valence-corrected chi connectivity index (χ2v) is 8.68. The average Bonchev–Trinajstić information content (AvgIpc) is 2.92. The molecule has 36 heavy (non-hydrogen) atoms. The third-order valence-electron chi connectivity index (χ3n) is 5.98. The highest BCUT2D eigenvalue weighted by atomic mass is 16.5. The van der Waals surface area contributed by atoms with Crippen molar-refractivity contribution in [3.63, 3.8) is 0 Å². The molecule has 2 aromatic carbocycles. The molecule has 0 spiro atoms. The molecule has 0 bridgehead atoms. The van der Waals surface area contributed by atoms with Crippen LogP contribution in [0.5, 0.6) is 5.75 Å². The summed E-state index contributed by atoms with van der Waals surface area (Å²) in [6.45, 7) is 5.71. The van der Waals surface area contributed by atoms with Gasteiger partial charge in [-0.2, -0.15) is 0 Å². The predicted octanol–water partition coefficient (Wildman–Crippen LogP) is 3.95. The maximum Gasteiger partial charge on any atom is 0.331 e. The number of nitrogens with zero attached hydrogens (tertiary/aromatic N) is 3. The third kappa shape index (κ3) is 7.52. The first-order chi connectivity index (χ1) is 17.6. The minimum absolute atomic E-state index is 0.162. The number of aromatic nitrogens is 1. The Morgan fingerprint density at radius 2 is 1.67 bits per heavy atom. The average molecular weight is 486 g/mol. The number of piperazine rings is 1. The van der Waals surface area contributed by atoms with Crippen molar-refractivity contribution in [3.05, 3.63) is 102 Å². The lowest BCUT2D eigenvalue weighted by atomic mass is 10.2. The van der Waals surface area contributed by atoms with E-state index in [1.54, 1.807) is 24.1 Å². The summed E-state index contributed by atoms with van der Waals surface area (Å²) in [6.07, 6.45) is 3.90. The highest BCUT2D eigenvalue weighted by Crippen LogP contribution is 2.15. The van der Waals surface area contributed by atoms with Crippen LogP contribution in [0.3, 0.4) is 0 Å². The summed E-state index contributed by atoms with van der Waals surface area (Å²) in [5.74, 6) is 0.00280. The summed E-state index contributed by atoms with van der Waals surface area (Å²) in [4.78, 5) is 33.4. The number of hydrogen-bond donors (Lipinski definition) is 0. The first-order valence-corrected chi connectivity index (χ1v) is 12.1. The number of ether oxygens (including phenoxy) is 2. The molecule has 1 unspecified atom stereocenters. The topological polar surface area (TPSA) is 72.0 Å². The number of benzene rings is 2. The van der Waals surface area contributed by atoms with Gasteiger partial charge in [-0.15, -0.1) is 0 Å². The maximum absolute atomic E-state index is 12.8. The Hall–Kier alpha value is -3.97.